The van der Waals surface area contributed by atoms with Gasteiger partial charge in [0.1, 0.15) is 0 Å². The Morgan fingerprint density at radius 1 is 1.39 bits per heavy atom. The van der Waals surface area contributed by atoms with Gasteiger partial charge >= 0.3 is 5.00 Å². The van der Waals surface area contributed by atoms with E-state index in [1.165, 1.54) is 17.4 Å². The molecular weight excluding hydrogens is 316 g/mol. The lowest BCUT2D eigenvalue weighted by Crippen LogP contribution is -1.97. The second kappa shape index (κ2) is 5.49. The van der Waals surface area contributed by atoms with Gasteiger partial charge in [0.05, 0.1) is 4.92 Å². The molecule has 18 heavy (non-hydrogen) atoms. The van der Waals surface area contributed by atoms with E-state index >= 15 is 0 Å². The smallest absolute Gasteiger partial charge is 0.324 e. The molecule has 0 saturated heterocycles. The summed E-state index contributed by atoms with van der Waals surface area (Å²) in [4.78, 5) is 11.1. The molecule has 0 unspecified atom stereocenters. The number of anilines is 1. The van der Waals surface area contributed by atoms with E-state index in [1.54, 1.807) is 6.07 Å². The minimum Gasteiger partial charge on any atom is -0.380 e. The highest BCUT2D eigenvalue weighted by molar-refractivity contribution is 9.10. The van der Waals surface area contributed by atoms with Crippen molar-refractivity contribution in [3.8, 4) is 0 Å². The van der Waals surface area contributed by atoms with Crippen LogP contribution in [-0.4, -0.2) is 4.92 Å². The van der Waals surface area contributed by atoms with Crippen LogP contribution in [0.2, 0.25) is 0 Å². The second-order valence-electron chi connectivity index (χ2n) is 3.81. The molecule has 0 spiro atoms. The largest absolute Gasteiger partial charge is 0.380 e. The Balaban J connectivity index is 2.02. The Morgan fingerprint density at radius 2 is 2.17 bits per heavy atom. The summed E-state index contributed by atoms with van der Waals surface area (Å²) in [6.07, 6.45) is 0. The molecule has 0 saturated carbocycles. The molecule has 0 atom stereocenters. The number of hydrogen-bond donors (Lipinski definition) is 1. The molecule has 6 heteroatoms. The molecular formula is C12H11BrN2O2S. The van der Waals surface area contributed by atoms with Crippen LogP contribution in [0.3, 0.4) is 0 Å². The fourth-order valence-corrected chi connectivity index (χ4v) is 2.51. The van der Waals surface area contributed by atoms with Crippen LogP contribution in [0.15, 0.2) is 34.8 Å². The van der Waals surface area contributed by atoms with Crippen LogP contribution >= 0.6 is 27.3 Å². The molecule has 0 aliphatic heterocycles. The minimum absolute atomic E-state index is 0.179. The van der Waals surface area contributed by atoms with Crippen LogP contribution in [0, 0.1) is 17.0 Å². The number of thiophene rings is 1. The maximum atomic E-state index is 10.6. The minimum atomic E-state index is -0.363. The van der Waals surface area contributed by atoms with Gasteiger partial charge in [-0.05, 0) is 36.8 Å². The summed E-state index contributed by atoms with van der Waals surface area (Å²) in [5.41, 5.74) is 2.16. The van der Waals surface area contributed by atoms with E-state index in [1.807, 2.05) is 25.1 Å². The number of halogens is 1. The van der Waals surface area contributed by atoms with Crippen molar-refractivity contribution < 1.29 is 4.92 Å². The van der Waals surface area contributed by atoms with Gasteiger partial charge in [-0.3, -0.25) is 10.1 Å². The molecule has 0 aliphatic carbocycles. The highest BCUT2D eigenvalue weighted by Gasteiger charge is 2.09. The Labute approximate surface area is 117 Å². The summed E-state index contributed by atoms with van der Waals surface area (Å²) in [5.74, 6) is 0. The molecule has 94 valence electrons. The zero-order valence-corrected chi connectivity index (χ0v) is 12.0. The van der Waals surface area contributed by atoms with Gasteiger partial charge in [0.15, 0.2) is 0 Å². The maximum absolute atomic E-state index is 10.6. The van der Waals surface area contributed by atoms with Crippen molar-refractivity contribution >= 4 is 38.0 Å². The van der Waals surface area contributed by atoms with Gasteiger partial charge in [-0.15, -0.1) is 0 Å². The fraction of sp³-hybridized carbons (Fsp3) is 0.167. The standard InChI is InChI=1S/C12H11BrN2O2S/c1-8-6-9(2-4-11(8)13)14-7-10-3-5-12(18-10)15(16)17/h2-6,14H,7H2,1H3. The Hall–Kier alpha value is -1.40. The van der Waals surface area contributed by atoms with E-state index < -0.39 is 0 Å². The molecule has 2 aromatic rings. The van der Waals surface area contributed by atoms with E-state index in [0.717, 1.165) is 20.6 Å². The molecule has 2 rings (SSSR count). The first-order valence-electron chi connectivity index (χ1n) is 5.29. The summed E-state index contributed by atoms with van der Waals surface area (Å²) in [7, 11) is 0. The van der Waals surface area contributed by atoms with Crippen molar-refractivity contribution in [2.45, 2.75) is 13.5 Å². The number of nitro groups is 1. The quantitative estimate of drug-likeness (QED) is 0.671. The van der Waals surface area contributed by atoms with Gasteiger partial charge in [-0.1, -0.05) is 27.3 Å². The highest BCUT2D eigenvalue weighted by Crippen LogP contribution is 2.25. The Kier molecular flexibility index (Phi) is 3.98. The average Bonchev–Trinajstić information content (AvgIpc) is 2.79. The summed E-state index contributed by atoms with van der Waals surface area (Å²) < 4.78 is 1.07. The van der Waals surface area contributed by atoms with E-state index in [4.69, 9.17) is 0 Å². The number of aryl methyl sites for hydroxylation is 1. The summed E-state index contributed by atoms with van der Waals surface area (Å²) >= 11 is 4.64. The van der Waals surface area contributed by atoms with Gasteiger partial charge in [-0.25, -0.2) is 0 Å². The first-order valence-corrected chi connectivity index (χ1v) is 6.90. The number of benzene rings is 1. The van der Waals surface area contributed by atoms with Crippen LogP contribution in [0.25, 0.3) is 0 Å². The summed E-state index contributed by atoms with van der Waals surface area (Å²) in [6.45, 7) is 2.62. The molecule has 1 aromatic carbocycles. The van der Waals surface area contributed by atoms with E-state index in [-0.39, 0.29) is 9.92 Å². The van der Waals surface area contributed by atoms with Crippen molar-refractivity contribution in [3.05, 3.63) is 55.4 Å². The van der Waals surface area contributed by atoms with Gasteiger partial charge in [0.2, 0.25) is 0 Å². The van der Waals surface area contributed by atoms with Gasteiger partial charge in [-0.2, -0.15) is 0 Å². The average molecular weight is 327 g/mol. The van der Waals surface area contributed by atoms with E-state index in [9.17, 15) is 10.1 Å². The lowest BCUT2D eigenvalue weighted by molar-refractivity contribution is -0.380. The predicted molar refractivity (Wildman–Crippen MR) is 77.2 cm³/mol. The molecule has 0 fully saturated rings. The summed E-state index contributed by atoms with van der Waals surface area (Å²) in [5, 5.41) is 14.0. The molecule has 0 radical (unpaired) electrons. The van der Waals surface area contributed by atoms with Gasteiger partial charge < -0.3 is 5.32 Å². The SMILES string of the molecule is Cc1cc(NCc2ccc([N+](=O)[O-])s2)ccc1Br. The molecule has 0 bridgehead atoms. The van der Waals surface area contributed by atoms with Gasteiger partial charge in [0.25, 0.3) is 0 Å². The normalized spacial score (nSPS) is 10.3. The van der Waals surface area contributed by atoms with E-state index in [2.05, 4.69) is 21.2 Å². The Bertz CT molecular complexity index is 583. The first kappa shape index (κ1) is 13.0. The van der Waals surface area contributed by atoms with Crippen molar-refractivity contribution in [3.63, 3.8) is 0 Å². The lowest BCUT2D eigenvalue weighted by Gasteiger charge is -2.06. The molecule has 0 amide bonds. The number of nitrogens with zero attached hydrogens (tertiary/aromatic N) is 1. The Morgan fingerprint density at radius 3 is 2.78 bits per heavy atom. The van der Waals surface area contributed by atoms with Crippen molar-refractivity contribution in [2.24, 2.45) is 0 Å². The zero-order chi connectivity index (χ0) is 13.1. The van der Waals surface area contributed by atoms with Crippen LogP contribution < -0.4 is 5.32 Å². The maximum Gasteiger partial charge on any atom is 0.324 e. The van der Waals surface area contributed by atoms with Crippen molar-refractivity contribution in [1.29, 1.82) is 0 Å². The van der Waals surface area contributed by atoms with Gasteiger partial charge in [0, 0.05) is 27.6 Å². The van der Waals surface area contributed by atoms with Crippen LogP contribution in [0.1, 0.15) is 10.4 Å². The lowest BCUT2D eigenvalue weighted by atomic mass is 10.2. The third kappa shape index (κ3) is 3.08. The molecule has 1 aromatic heterocycles. The predicted octanol–water partition coefficient (Wildman–Crippen LogP) is 4.34. The van der Waals surface area contributed by atoms with Crippen molar-refractivity contribution in [2.75, 3.05) is 5.32 Å². The molecule has 1 N–H and O–H groups in total. The third-order valence-electron chi connectivity index (χ3n) is 2.45. The highest BCUT2D eigenvalue weighted by atomic mass is 79.9. The number of rotatable bonds is 4. The third-order valence-corrected chi connectivity index (χ3v) is 4.38. The van der Waals surface area contributed by atoms with E-state index in [0.29, 0.717) is 6.54 Å². The molecule has 0 aliphatic rings. The van der Waals surface area contributed by atoms with Crippen molar-refractivity contribution in [1.82, 2.24) is 0 Å². The zero-order valence-electron chi connectivity index (χ0n) is 9.64. The molecule has 4 nitrogen and oxygen atoms in total. The summed E-state index contributed by atoms with van der Waals surface area (Å²) in [6, 6.07) is 9.30. The molecule has 1 heterocycles. The van der Waals surface area contributed by atoms with Crippen LogP contribution in [-0.2, 0) is 6.54 Å². The number of nitrogens with one attached hydrogen (secondary N) is 1. The first-order chi connectivity index (χ1) is 8.56. The number of hydrogen-bond acceptors (Lipinski definition) is 4. The van der Waals surface area contributed by atoms with Crippen LogP contribution in [0.5, 0.6) is 0 Å². The monoisotopic (exact) mass is 326 g/mol. The van der Waals surface area contributed by atoms with Crippen LogP contribution in [0.4, 0.5) is 10.7 Å². The topological polar surface area (TPSA) is 55.2 Å². The second-order valence-corrected chi connectivity index (χ2v) is 5.82. The fourth-order valence-electron chi connectivity index (χ4n) is 1.50.